The van der Waals surface area contributed by atoms with Crippen LogP contribution >= 0.6 is 0 Å². The highest BCUT2D eigenvalue weighted by atomic mass is 16.5. The van der Waals surface area contributed by atoms with E-state index in [1.807, 2.05) is 30.3 Å². The summed E-state index contributed by atoms with van der Waals surface area (Å²) in [5.74, 6) is 0.128. The topological polar surface area (TPSA) is 89.0 Å². The first kappa shape index (κ1) is 18.0. The number of rotatable bonds is 7. The Balaban J connectivity index is 1.85. The van der Waals surface area contributed by atoms with E-state index >= 15 is 0 Å². The number of hydrogen-bond acceptors (Lipinski definition) is 5. The summed E-state index contributed by atoms with van der Waals surface area (Å²) in [6.45, 7) is -0.195. The van der Waals surface area contributed by atoms with Gasteiger partial charge in [0, 0.05) is 5.56 Å². The molecule has 2 aromatic rings. The molecule has 0 spiro atoms. The first-order chi connectivity index (χ1) is 12.1. The van der Waals surface area contributed by atoms with Gasteiger partial charge in [-0.1, -0.05) is 30.3 Å². The third-order valence-corrected chi connectivity index (χ3v) is 3.26. The molecule has 0 heterocycles. The zero-order valence-electron chi connectivity index (χ0n) is 14.0. The van der Waals surface area contributed by atoms with Crippen molar-refractivity contribution in [2.24, 2.45) is 5.10 Å². The Kier molecular flexibility index (Phi) is 6.53. The first-order valence-electron chi connectivity index (χ1n) is 7.51. The van der Waals surface area contributed by atoms with Crippen LogP contribution in [0.25, 0.3) is 0 Å². The van der Waals surface area contributed by atoms with Crippen LogP contribution in [0.3, 0.4) is 0 Å². The highest BCUT2D eigenvalue weighted by Crippen LogP contribution is 2.27. The number of carbonyl (C=O) groups is 2. The van der Waals surface area contributed by atoms with Crippen LogP contribution in [0.2, 0.25) is 0 Å². The minimum absolute atomic E-state index is 0.195. The van der Waals surface area contributed by atoms with Crippen molar-refractivity contribution >= 4 is 18.0 Å². The normalized spacial score (nSPS) is 10.3. The minimum Gasteiger partial charge on any atom is -0.493 e. The quantitative estimate of drug-likeness (QED) is 0.591. The molecule has 7 nitrogen and oxygen atoms in total. The van der Waals surface area contributed by atoms with Crippen molar-refractivity contribution in [1.82, 2.24) is 10.7 Å². The lowest BCUT2D eigenvalue weighted by molar-refractivity contribution is -0.120. The average Bonchev–Trinajstić information content (AvgIpc) is 2.66. The van der Waals surface area contributed by atoms with Crippen molar-refractivity contribution in [2.45, 2.75) is 0 Å². The van der Waals surface area contributed by atoms with Crippen molar-refractivity contribution in [1.29, 1.82) is 0 Å². The maximum Gasteiger partial charge on any atom is 0.259 e. The zero-order chi connectivity index (χ0) is 18.1. The second kappa shape index (κ2) is 9.07. The summed E-state index contributed by atoms with van der Waals surface area (Å²) in [7, 11) is 3.00. The van der Waals surface area contributed by atoms with Gasteiger partial charge in [-0.25, -0.2) is 5.43 Å². The molecule has 0 radical (unpaired) electrons. The molecule has 2 N–H and O–H groups in total. The van der Waals surface area contributed by atoms with Crippen LogP contribution in [-0.4, -0.2) is 38.8 Å². The highest BCUT2D eigenvalue weighted by Gasteiger charge is 2.11. The molecule has 0 aliphatic carbocycles. The van der Waals surface area contributed by atoms with Crippen molar-refractivity contribution in [3.63, 3.8) is 0 Å². The van der Waals surface area contributed by atoms with Gasteiger partial charge < -0.3 is 14.8 Å². The van der Waals surface area contributed by atoms with Crippen LogP contribution in [0.4, 0.5) is 0 Å². The highest BCUT2D eigenvalue weighted by molar-refractivity contribution is 5.97. The second-order valence-electron chi connectivity index (χ2n) is 4.96. The molecular weight excluding hydrogens is 322 g/mol. The Morgan fingerprint density at radius 2 is 1.76 bits per heavy atom. The van der Waals surface area contributed by atoms with Crippen LogP contribution in [0.15, 0.2) is 53.6 Å². The molecule has 0 fully saturated rings. The van der Waals surface area contributed by atoms with Gasteiger partial charge in [0.1, 0.15) is 0 Å². The number of hydrogen-bond donors (Lipinski definition) is 2. The Hall–Kier alpha value is -3.35. The van der Waals surface area contributed by atoms with Gasteiger partial charge in [0.05, 0.1) is 27.0 Å². The van der Waals surface area contributed by atoms with Crippen molar-refractivity contribution < 1.29 is 19.1 Å². The molecule has 0 saturated carbocycles. The molecule has 130 valence electrons. The summed E-state index contributed by atoms with van der Waals surface area (Å²) in [6, 6.07) is 14.1. The summed E-state index contributed by atoms with van der Waals surface area (Å²) in [4.78, 5) is 23.8. The molecule has 0 unspecified atom stereocenters. The fraction of sp³-hybridized carbons (Fsp3) is 0.167. The van der Waals surface area contributed by atoms with Crippen LogP contribution in [-0.2, 0) is 4.79 Å². The average molecular weight is 341 g/mol. The number of carbonyl (C=O) groups excluding carboxylic acids is 2. The summed E-state index contributed by atoms with van der Waals surface area (Å²) in [5.41, 5.74) is 3.57. The van der Waals surface area contributed by atoms with Gasteiger partial charge in [-0.3, -0.25) is 9.59 Å². The maximum atomic E-state index is 12.1. The largest absolute Gasteiger partial charge is 0.493 e. The van der Waals surface area contributed by atoms with Gasteiger partial charge in [0.2, 0.25) is 0 Å². The third-order valence-electron chi connectivity index (χ3n) is 3.26. The van der Waals surface area contributed by atoms with Gasteiger partial charge in [0.25, 0.3) is 11.8 Å². The second-order valence-corrected chi connectivity index (χ2v) is 4.96. The van der Waals surface area contributed by atoms with Crippen LogP contribution in [0.5, 0.6) is 11.5 Å². The number of amides is 2. The van der Waals surface area contributed by atoms with Gasteiger partial charge in [-0.05, 0) is 23.8 Å². The molecule has 0 aliphatic heterocycles. The molecule has 0 atom stereocenters. The van der Waals surface area contributed by atoms with Gasteiger partial charge >= 0.3 is 0 Å². The molecule has 2 rings (SSSR count). The minimum atomic E-state index is -0.430. The number of nitrogens with one attached hydrogen (secondary N) is 2. The van der Waals surface area contributed by atoms with E-state index in [0.29, 0.717) is 17.1 Å². The van der Waals surface area contributed by atoms with Crippen LogP contribution < -0.4 is 20.2 Å². The molecule has 0 aromatic heterocycles. The Labute approximate surface area is 145 Å². The fourth-order valence-electron chi connectivity index (χ4n) is 2.00. The van der Waals surface area contributed by atoms with Crippen LogP contribution in [0.1, 0.15) is 15.9 Å². The molecule has 7 heteroatoms. The predicted octanol–water partition coefficient (Wildman–Crippen LogP) is 1.58. The number of nitrogens with zero attached hydrogens (tertiary/aromatic N) is 1. The van der Waals surface area contributed by atoms with E-state index in [1.165, 1.54) is 20.4 Å². The van der Waals surface area contributed by atoms with Crippen LogP contribution in [0, 0.1) is 0 Å². The lowest BCUT2D eigenvalue weighted by Crippen LogP contribution is -2.34. The number of ether oxygens (including phenoxy) is 2. The number of methoxy groups -OCH3 is 2. The number of benzene rings is 2. The molecule has 2 aromatic carbocycles. The van der Waals surface area contributed by atoms with E-state index in [1.54, 1.807) is 18.2 Å². The monoisotopic (exact) mass is 341 g/mol. The standard InChI is InChI=1S/C18H19N3O4/c1-24-15-9-8-14(10-16(15)25-2)18(23)19-12-17(22)21-20-11-13-6-4-3-5-7-13/h3-11H,12H2,1-2H3,(H,19,23)(H,21,22)/b20-11+. The summed E-state index contributed by atoms with van der Waals surface area (Å²) < 4.78 is 10.3. The molecule has 0 saturated heterocycles. The molecule has 25 heavy (non-hydrogen) atoms. The van der Waals surface area contributed by atoms with Gasteiger partial charge in [0.15, 0.2) is 11.5 Å². The lowest BCUT2D eigenvalue weighted by Gasteiger charge is -2.09. The summed E-state index contributed by atoms with van der Waals surface area (Å²) in [5, 5.41) is 6.34. The SMILES string of the molecule is COc1ccc(C(=O)NCC(=O)N/N=C/c2ccccc2)cc1OC. The predicted molar refractivity (Wildman–Crippen MR) is 94.1 cm³/mol. The van der Waals surface area contributed by atoms with Crippen molar-refractivity contribution in [3.8, 4) is 11.5 Å². The summed E-state index contributed by atoms with van der Waals surface area (Å²) >= 11 is 0. The van der Waals surface area contributed by atoms with E-state index in [-0.39, 0.29) is 6.54 Å². The van der Waals surface area contributed by atoms with E-state index < -0.39 is 11.8 Å². The van der Waals surface area contributed by atoms with E-state index in [2.05, 4.69) is 15.8 Å². The van der Waals surface area contributed by atoms with E-state index in [4.69, 9.17) is 9.47 Å². The van der Waals surface area contributed by atoms with Crippen molar-refractivity contribution in [2.75, 3.05) is 20.8 Å². The van der Waals surface area contributed by atoms with E-state index in [9.17, 15) is 9.59 Å². The molecule has 0 bridgehead atoms. The van der Waals surface area contributed by atoms with E-state index in [0.717, 1.165) is 5.56 Å². The third kappa shape index (κ3) is 5.35. The molecular formula is C18H19N3O4. The lowest BCUT2D eigenvalue weighted by atomic mass is 10.2. The first-order valence-corrected chi connectivity index (χ1v) is 7.51. The van der Waals surface area contributed by atoms with Gasteiger partial charge in [-0.15, -0.1) is 0 Å². The fourth-order valence-corrected chi connectivity index (χ4v) is 2.00. The Morgan fingerprint density at radius 1 is 1.04 bits per heavy atom. The zero-order valence-corrected chi connectivity index (χ0v) is 14.0. The van der Waals surface area contributed by atoms with Gasteiger partial charge in [-0.2, -0.15) is 5.10 Å². The summed E-state index contributed by atoms with van der Waals surface area (Å²) in [6.07, 6.45) is 1.52. The number of hydrazone groups is 1. The molecule has 2 amide bonds. The Bertz CT molecular complexity index is 760. The smallest absolute Gasteiger partial charge is 0.259 e. The van der Waals surface area contributed by atoms with Crippen molar-refractivity contribution in [3.05, 3.63) is 59.7 Å². The Morgan fingerprint density at radius 3 is 2.44 bits per heavy atom. The molecule has 0 aliphatic rings. The maximum absolute atomic E-state index is 12.1.